The normalized spacial score (nSPS) is 12.3. The second kappa shape index (κ2) is 9.19. The molecule has 0 atom stereocenters. The molecular weight excluding hydrogens is 268 g/mol. The van der Waals surface area contributed by atoms with Crippen molar-refractivity contribution in [2.24, 2.45) is 5.41 Å². The Bertz CT molecular complexity index is 326. The largest absolute Gasteiger partial charge is 0.466 e. The fraction of sp³-hybridized carbons (Fsp3) is 0.882. The van der Waals surface area contributed by atoms with Crippen LogP contribution in [0.5, 0.6) is 0 Å². The van der Waals surface area contributed by atoms with Crippen LogP contribution in [0.15, 0.2) is 0 Å². The van der Waals surface area contributed by atoms with Gasteiger partial charge in [0.05, 0.1) is 18.6 Å². The summed E-state index contributed by atoms with van der Waals surface area (Å²) in [6.07, 6.45) is 2.89. The molecule has 0 bridgehead atoms. The summed E-state index contributed by atoms with van der Waals surface area (Å²) >= 11 is 0. The minimum Gasteiger partial charge on any atom is -0.466 e. The van der Waals surface area contributed by atoms with Gasteiger partial charge in [0.15, 0.2) is 0 Å². The van der Waals surface area contributed by atoms with E-state index in [1.807, 2.05) is 41.5 Å². The molecular formula is C17H32O4. The number of ketones is 1. The molecule has 0 amide bonds. The van der Waals surface area contributed by atoms with E-state index in [4.69, 9.17) is 9.47 Å². The SMILES string of the molecule is CCC(C)(C)C(=O)CCC(=O)OCCCCOC(C)(C)C. The number of hydrogen-bond acceptors (Lipinski definition) is 4. The lowest BCUT2D eigenvalue weighted by Gasteiger charge is -2.20. The Morgan fingerprint density at radius 2 is 1.48 bits per heavy atom. The van der Waals surface area contributed by atoms with Crippen LogP contribution in [-0.2, 0) is 19.1 Å². The minimum atomic E-state index is -0.343. The third-order valence-electron chi connectivity index (χ3n) is 3.53. The summed E-state index contributed by atoms with van der Waals surface area (Å²) < 4.78 is 10.7. The first-order chi connectivity index (χ1) is 9.58. The van der Waals surface area contributed by atoms with Crippen LogP contribution >= 0.6 is 0 Å². The van der Waals surface area contributed by atoms with Crippen LogP contribution in [0.2, 0.25) is 0 Å². The van der Waals surface area contributed by atoms with Crippen molar-refractivity contribution < 1.29 is 19.1 Å². The maximum Gasteiger partial charge on any atom is 0.306 e. The molecule has 0 unspecified atom stereocenters. The molecule has 0 aliphatic heterocycles. The Labute approximate surface area is 129 Å². The van der Waals surface area contributed by atoms with Gasteiger partial charge in [-0.3, -0.25) is 9.59 Å². The lowest BCUT2D eigenvalue weighted by molar-refractivity contribution is -0.145. The van der Waals surface area contributed by atoms with Gasteiger partial charge in [-0.25, -0.2) is 0 Å². The highest BCUT2D eigenvalue weighted by atomic mass is 16.5. The Balaban J connectivity index is 3.67. The van der Waals surface area contributed by atoms with Gasteiger partial charge in [0.1, 0.15) is 5.78 Å². The van der Waals surface area contributed by atoms with Gasteiger partial charge in [-0.1, -0.05) is 20.8 Å². The topological polar surface area (TPSA) is 52.6 Å². The summed E-state index contributed by atoms with van der Waals surface area (Å²) in [6.45, 7) is 12.9. The maximum atomic E-state index is 11.9. The third kappa shape index (κ3) is 10.5. The number of hydrogen-bond donors (Lipinski definition) is 0. The number of ether oxygens (including phenoxy) is 2. The van der Waals surface area contributed by atoms with Crippen molar-refractivity contribution in [3.63, 3.8) is 0 Å². The highest BCUT2D eigenvalue weighted by molar-refractivity contribution is 5.87. The average molecular weight is 300 g/mol. The summed E-state index contributed by atoms with van der Waals surface area (Å²) in [5, 5.41) is 0. The molecule has 0 radical (unpaired) electrons. The number of Topliss-reactive ketones (excluding diaryl/α,β-unsaturated/α-hetero) is 1. The molecule has 0 saturated carbocycles. The van der Waals surface area contributed by atoms with E-state index in [9.17, 15) is 9.59 Å². The molecule has 4 heteroatoms. The van der Waals surface area contributed by atoms with Crippen molar-refractivity contribution in [3.8, 4) is 0 Å². The van der Waals surface area contributed by atoms with Crippen LogP contribution in [0.1, 0.15) is 73.6 Å². The highest BCUT2D eigenvalue weighted by Gasteiger charge is 2.25. The highest BCUT2D eigenvalue weighted by Crippen LogP contribution is 2.23. The maximum absolute atomic E-state index is 11.9. The zero-order valence-corrected chi connectivity index (χ0v) is 14.6. The van der Waals surface area contributed by atoms with E-state index in [1.54, 1.807) is 0 Å². The fourth-order valence-electron chi connectivity index (χ4n) is 1.59. The summed E-state index contributed by atoms with van der Waals surface area (Å²) in [5.74, 6) is -0.160. The van der Waals surface area contributed by atoms with E-state index in [0.29, 0.717) is 13.2 Å². The molecule has 0 fully saturated rings. The number of carbonyl (C=O) groups is 2. The lowest BCUT2D eigenvalue weighted by Crippen LogP contribution is -2.24. The van der Waals surface area contributed by atoms with Gasteiger partial charge in [-0.15, -0.1) is 0 Å². The van der Waals surface area contributed by atoms with E-state index in [0.717, 1.165) is 19.3 Å². The second-order valence-corrected chi connectivity index (χ2v) is 7.05. The zero-order chi connectivity index (χ0) is 16.5. The van der Waals surface area contributed by atoms with Crippen LogP contribution < -0.4 is 0 Å². The molecule has 0 aliphatic carbocycles. The number of unbranched alkanes of at least 4 members (excludes halogenated alkanes) is 1. The quantitative estimate of drug-likeness (QED) is 0.453. The minimum absolute atomic E-state index is 0.122. The van der Waals surface area contributed by atoms with E-state index >= 15 is 0 Å². The first-order valence-electron chi connectivity index (χ1n) is 7.91. The van der Waals surface area contributed by atoms with Crippen molar-refractivity contribution in [2.75, 3.05) is 13.2 Å². The van der Waals surface area contributed by atoms with Crippen molar-refractivity contribution in [1.29, 1.82) is 0 Å². The summed E-state index contributed by atoms with van der Waals surface area (Å²) in [5.41, 5.74) is -0.465. The van der Waals surface area contributed by atoms with E-state index < -0.39 is 0 Å². The Morgan fingerprint density at radius 3 is 2.00 bits per heavy atom. The smallest absolute Gasteiger partial charge is 0.306 e. The number of carbonyl (C=O) groups excluding carboxylic acids is 2. The predicted octanol–water partition coefficient (Wildman–Crippen LogP) is 3.91. The molecule has 0 aromatic heterocycles. The Kier molecular flexibility index (Phi) is 8.79. The lowest BCUT2D eigenvalue weighted by atomic mass is 9.83. The summed E-state index contributed by atoms with van der Waals surface area (Å²) in [6, 6.07) is 0. The molecule has 0 aromatic carbocycles. The van der Waals surface area contributed by atoms with E-state index in [-0.39, 0.29) is 35.6 Å². The van der Waals surface area contributed by atoms with Crippen molar-refractivity contribution in [3.05, 3.63) is 0 Å². The van der Waals surface area contributed by atoms with Gasteiger partial charge in [-0.05, 0) is 40.0 Å². The number of esters is 1. The molecule has 0 aliphatic rings. The Morgan fingerprint density at radius 1 is 0.905 bits per heavy atom. The van der Waals surface area contributed by atoms with Crippen molar-refractivity contribution >= 4 is 11.8 Å². The molecule has 124 valence electrons. The summed E-state index contributed by atoms with van der Waals surface area (Å²) in [4.78, 5) is 23.4. The van der Waals surface area contributed by atoms with Gasteiger partial charge < -0.3 is 9.47 Å². The fourth-order valence-corrected chi connectivity index (χ4v) is 1.59. The van der Waals surface area contributed by atoms with Crippen LogP contribution in [-0.4, -0.2) is 30.6 Å². The predicted molar refractivity (Wildman–Crippen MR) is 84.2 cm³/mol. The van der Waals surface area contributed by atoms with Crippen LogP contribution in [0.4, 0.5) is 0 Å². The third-order valence-corrected chi connectivity index (χ3v) is 3.53. The molecule has 0 heterocycles. The standard InChI is InChI=1S/C17H32O4/c1-7-17(5,6)14(18)10-11-15(19)20-12-8-9-13-21-16(2,3)4/h7-13H2,1-6H3. The van der Waals surface area contributed by atoms with Gasteiger partial charge >= 0.3 is 5.97 Å². The first kappa shape index (κ1) is 20.1. The van der Waals surface area contributed by atoms with E-state index in [1.165, 1.54) is 0 Å². The monoisotopic (exact) mass is 300 g/mol. The van der Waals surface area contributed by atoms with Gasteiger partial charge in [0.2, 0.25) is 0 Å². The molecule has 21 heavy (non-hydrogen) atoms. The zero-order valence-electron chi connectivity index (χ0n) is 14.6. The second-order valence-electron chi connectivity index (χ2n) is 7.05. The Hall–Kier alpha value is -0.900. The van der Waals surface area contributed by atoms with Crippen molar-refractivity contribution in [2.45, 2.75) is 79.2 Å². The first-order valence-corrected chi connectivity index (χ1v) is 7.91. The molecule has 0 aromatic rings. The van der Waals surface area contributed by atoms with Gasteiger partial charge in [-0.2, -0.15) is 0 Å². The van der Waals surface area contributed by atoms with E-state index in [2.05, 4.69) is 0 Å². The molecule has 0 rings (SSSR count). The van der Waals surface area contributed by atoms with Crippen LogP contribution in [0.3, 0.4) is 0 Å². The van der Waals surface area contributed by atoms with Gasteiger partial charge in [0, 0.05) is 18.4 Å². The number of rotatable bonds is 10. The van der Waals surface area contributed by atoms with Gasteiger partial charge in [0.25, 0.3) is 0 Å². The summed E-state index contributed by atoms with van der Waals surface area (Å²) in [7, 11) is 0. The average Bonchev–Trinajstić information content (AvgIpc) is 2.38. The van der Waals surface area contributed by atoms with Crippen LogP contribution in [0.25, 0.3) is 0 Å². The molecule has 4 nitrogen and oxygen atoms in total. The van der Waals surface area contributed by atoms with Crippen molar-refractivity contribution in [1.82, 2.24) is 0 Å². The molecule has 0 spiro atoms. The molecule has 0 saturated heterocycles. The van der Waals surface area contributed by atoms with Crippen LogP contribution in [0, 0.1) is 5.41 Å². The molecule has 0 N–H and O–H groups in total.